The second-order valence-electron chi connectivity index (χ2n) is 6.96. The molecular formula is C16H19BrN4O2. The first-order valence-electron chi connectivity index (χ1n) is 7.60. The van der Waals surface area contributed by atoms with Gasteiger partial charge >= 0.3 is 6.09 Å². The topological polar surface area (TPSA) is 69.5 Å². The molecule has 2 aliphatic rings. The third kappa shape index (κ3) is 3.13. The number of carbonyl (C=O) groups is 1. The summed E-state index contributed by atoms with van der Waals surface area (Å²) in [6, 6.07) is 4.28. The average molecular weight is 379 g/mol. The van der Waals surface area contributed by atoms with Crippen LogP contribution in [0.15, 0.2) is 16.7 Å². The number of pyridine rings is 1. The van der Waals surface area contributed by atoms with E-state index in [4.69, 9.17) is 4.74 Å². The average Bonchev–Trinajstić information content (AvgIpc) is 3.05. The molecule has 2 aliphatic heterocycles. The second-order valence-corrected chi connectivity index (χ2v) is 7.88. The summed E-state index contributed by atoms with van der Waals surface area (Å²) >= 11 is 3.34. The van der Waals surface area contributed by atoms with Gasteiger partial charge in [0.1, 0.15) is 17.5 Å². The Hall–Kier alpha value is -1.81. The molecule has 1 aromatic rings. The predicted molar refractivity (Wildman–Crippen MR) is 89.1 cm³/mol. The van der Waals surface area contributed by atoms with Crippen molar-refractivity contribution < 1.29 is 9.53 Å². The lowest BCUT2D eigenvalue weighted by Gasteiger charge is -2.36. The van der Waals surface area contributed by atoms with Crippen LogP contribution >= 0.6 is 15.9 Å². The van der Waals surface area contributed by atoms with Crippen LogP contribution in [0.2, 0.25) is 0 Å². The molecular weight excluding hydrogens is 360 g/mol. The molecule has 2 atom stereocenters. The minimum atomic E-state index is -0.486. The van der Waals surface area contributed by atoms with E-state index in [1.807, 2.05) is 20.8 Å². The van der Waals surface area contributed by atoms with Crippen LogP contribution in [-0.2, 0) is 4.74 Å². The zero-order valence-corrected chi connectivity index (χ0v) is 15.0. The van der Waals surface area contributed by atoms with Crippen LogP contribution in [-0.4, -0.2) is 46.8 Å². The Morgan fingerprint density at radius 3 is 2.74 bits per heavy atom. The zero-order valence-electron chi connectivity index (χ0n) is 13.4. The fourth-order valence-corrected chi connectivity index (χ4v) is 3.55. The first kappa shape index (κ1) is 16.1. The number of hydrogen-bond acceptors (Lipinski definition) is 5. The van der Waals surface area contributed by atoms with Gasteiger partial charge in [0.25, 0.3) is 0 Å². The Labute approximate surface area is 144 Å². The van der Waals surface area contributed by atoms with Crippen LogP contribution in [0.3, 0.4) is 0 Å². The van der Waals surface area contributed by atoms with Gasteiger partial charge in [-0.25, -0.2) is 9.78 Å². The van der Waals surface area contributed by atoms with Crippen molar-refractivity contribution in [3.05, 3.63) is 22.3 Å². The molecule has 1 unspecified atom stereocenters. The van der Waals surface area contributed by atoms with Crippen LogP contribution < -0.4 is 4.90 Å². The van der Waals surface area contributed by atoms with E-state index in [9.17, 15) is 10.1 Å². The summed E-state index contributed by atoms with van der Waals surface area (Å²) in [5.41, 5.74) is 0.0653. The maximum Gasteiger partial charge on any atom is 0.410 e. The van der Waals surface area contributed by atoms with Gasteiger partial charge in [0.15, 0.2) is 0 Å². The number of nitrogens with zero attached hydrogens (tertiary/aromatic N) is 4. The SMILES string of the molecule is CC(C)(C)OC(=O)N1CC2C[C@@H]1CN2c1ncc(Br)cc1C#N. The highest BCUT2D eigenvalue weighted by Crippen LogP contribution is 2.36. The lowest BCUT2D eigenvalue weighted by atomic mass is 10.2. The molecule has 2 bridgehead atoms. The Morgan fingerprint density at radius 1 is 1.43 bits per heavy atom. The zero-order chi connectivity index (χ0) is 16.8. The minimum absolute atomic E-state index is 0.117. The largest absolute Gasteiger partial charge is 0.444 e. The molecule has 2 saturated heterocycles. The van der Waals surface area contributed by atoms with E-state index < -0.39 is 5.60 Å². The van der Waals surface area contributed by atoms with Crippen LogP contribution in [0.4, 0.5) is 10.6 Å². The molecule has 7 heteroatoms. The number of anilines is 1. The third-order valence-corrected chi connectivity index (χ3v) is 4.53. The second kappa shape index (κ2) is 5.68. The van der Waals surface area contributed by atoms with Crippen molar-refractivity contribution in [2.24, 2.45) is 0 Å². The van der Waals surface area contributed by atoms with E-state index in [2.05, 4.69) is 31.9 Å². The molecule has 122 valence electrons. The number of amides is 1. The number of likely N-dealkylation sites (tertiary alicyclic amines) is 1. The van der Waals surface area contributed by atoms with E-state index in [1.165, 1.54) is 0 Å². The molecule has 0 radical (unpaired) electrons. The molecule has 1 amide bonds. The number of piperazine rings is 1. The summed E-state index contributed by atoms with van der Waals surface area (Å²) in [5, 5.41) is 9.32. The van der Waals surface area contributed by atoms with Gasteiger partial charge in [-0.15, -0.1) is 0 Å². The van der Waals surface area contributed by atoms with Crippen LogP contribution in [0.25, 0.3) is 0 Å². The van der Waals surface area contributed by atoms with Crippen molar-refractivity contribution in [3.8, 4) is 6.07 Å². The van der Waals surface area contributed by atoms with Crippen molar-refractivity contribution in [2.75, 3.05) is 18.0 Å². The van der Waals surface area contributed by atoms with Gasteiger partial charge in [0.2, 0.25) is 0 Å². The molecule has 3 rings (SSSR count). The van der Waals surface area contributed by atoms with Gasteiger partial charge in [0.05, 0.1) is 17.6 Å². The molecule has 0 N–H and O–H groups in total. The van der Waals surface area contributed by atoms with Crippen molar-refractivity contribution in [1.29, 1.82) is 5.26 Å². The number of aromatic nitrogens is 1. The molecule has 0 saturated carbocycles. The van der Waals surface area contributed by atoms with Crippen molar-refractivity contribution in [2.45, 2.75) is 44.9 Å². The molecule has 1 aromatic heterocycles. The van der Waals surface area contributed by atoms with Gasteiger partial charge in [-0.05, 0) is 49.2 Å². The number of ether oxygens (including phenoxy) is 1. The molecule has 0 aromatic carbocycles. The molecule has 2 fully saturated rings. The van der Waals surface area contributed by atoms with E-state index in [0.29, 0.717) is 24.5 Å². The van der Waals surface area contributed by atoms with Crippen LogP contribution in [0, 0.1) is 11.3 Å². The van der Waals surface area contributed by atoms with Crippen molar-refractivity contribution in [3.63, 3.8) is 0 Å². The number of rotatable bonds is 1. The number of halogens is 1. The minimum Gasteiger partial charge on any atom is -0.444 e. The Morgan fingerprint density at radius 2 is 2.17 bits per heavy atom. The first-order valence-corrected chi connectivity index (χ1v) is 8.39. The monoisotopic (exact) mass is 378 g/mol. The Balaban J connectivity index is 1.74. The van der Waals surface area contributed by atoms with Crippen molar-refractivity contribution >= 4 is 27.8 Å². The van der Waals surface area contributed by atoms with Crippen molar-refractivity contribution in [1.82, 2.24) is 9.88 Å². The molecule has 0 aliphatic carbocycles. The Kier molecular flexibility index (Phi) is 3.96. The fourth-order valence-electron chi connectivity index (χ4n) is 3.21. The summed E-state index contributed by atoms with van der Waals surface area (Å²) in [6.45, 7) is 6.92. The van der Waals surface area contributed by atoms with Crippen LogP contribution in [0.1, 0.15) is 32.8 Å². The van der Waals surface area contributed by atoms with E-state index >= 15 is 0 Å². The summed E-state index contributed by atoms with van der Waals surface area (Å²) in [7, 11) is 0. The highest BCUT2D eigenvalue weighted by molar-refractivity contribution is 9.10. The van der Waals surface area contributed by atoms with Gasteiger partial charge in [-0.2, -0.15) is 5.26 Å². The molecule has 6 nitrogen and oxygen atoms in total. The standard InChI is InChI=1S/C16H19BrN4O2/c1-16(2,3)23-15(22)21-9-12-5-13(21)8-20(12)14-10(6-18)4-11(17)7-19-14/h4,7,12-13H,5,8-9H2,1-3H3/t12?,13-/m1/s1. The number of hydrogen-bond donors (Lipinski definition) is 0. The number of fused-ring (bicyclic) bond motifs is 2. The smallest absolute Gasteiger partial charge is 0.410 e. The van der Waals surface area contributed by atoms with E-state index in [0.717, 1.165) is 10.9 Å². The predicted octanol–water partition coefficient (Wildman–Crippen LogP) is 2.91. The normalized spacial score (nSPS) is 23.1. The van der Waals surface area contributed by atoms with E-state index in [1.54, 1.807) is 17.2 Å². The van der Waals surface area contributed by atoms with Gasteiger partial charge in [-0.3, -0.25) is 0 Å². The maximum atomic E-state index is 12.3. The number of nitriles is 1. The quantitative estimate of drug-likeness (QED) is 0.751. The molecule has 23 heavy (non-hydrogen) atoms. The molecule has 3 heterocycles. The summed E-state index contributed by atoms with van der Waals surface area (Å²) in [4.78, 5) is 20.6. The Bertz CT molecular complexity index is 680. The summed E-state index contributed by atoms with van der Waals surface area (Å²) in [6.07, 6.45) is 2.34. The highest BCUT2D eigenvalue weighted by Gasteiger charge is 2.47. The van der Waals surface area contributed by atoms with Gasteiger partial charge in [0, 0.05) is 23.8 Å². The maximum absolute atomic E-state index is 12.3. The summed E-state index contributed by atoms with van der Waals surface area (Å²) < 4.78 is 6.26. The lowest BCUT2D eigenvalue weighted by molar-refractivity contribution is 0.0214. The van der Waals surface area contributed by atoms with Gasteiger partial charge < -0.3 is 14.5 Å². The number of carbonyl (C=O) groups excluding carboxylic acids is 1. The summed E-state index contributed by atoms with van der Waals surface area (Å²) in [5.74, 6) is 0.701. The fraction of sp³-hybridized carbons (Fsp3) is 0.562. The third-order valence-electron chi connectivity index (χ3n) is 4.09. The highest BCUT2D eigenvalue weighted by atomic mass is 79.9. The molecule has 0 spiro atoms. The first-order chi connectivity index (χ1) is 10.8. The lowest BCUT2D eigenvalue weighted by Crippen LogP contribution is -2.50. The van der Waals surface area contributed by atoms with Crippen LogP contribution in [0.5, 0.6) is 0 Å². The van der Waals surface area contributed by atoms with Gasteiger partial charge in [-0.1, -0.05) is 0 Å². The van der Waals surface area contributed by atoms with E-state index in [-0.39, 0.29) is 18.2 Å².